The highest BCUT2D eigenvalue weighted by Crippen LogP contribution is 2.23. The van der Waals surface area contributed by atoms with Crippen LogP contribution < -0.4 is 16.9 Å². The van der Waals surface area contributed by atoms with E-state index in [2.05, 4.69) is 29.7 Å². The fourth-order valence-electron chi connectivity index (χ4n) is 5.46. The Bertz CT molecular complexity index is 2580. The topological polar surface area (TPSA) is 221 Å². The zero-order chi connectivity index (χ0) is 42.6. The summed E-state index contributed by atoms with van der Waals surface area (Å²) < 4.78 is 8.88. The second-order valence-corrected chi connectivity index (χ2v) is 12.9. The van der Waals surface area contributed by atoms with Crippen molar-refractivity contribution < 1.29 is 28.6 Å². The van der Waals surface area contributed by atoms with Gasteiger partial charge < -0.3 is 25.0 Å². The molecule has 0 aliphatic rings. The summed E-state index contributed by atoms with van der Waals surface area (Å²) in [5, 5.41) is 11.4. The molecule has 0 spiro atoms. The molecule has 0 amide bonds. The molecule has 0 saturated carbocycles. The maximum atomic E-state index is 11.5. The summed E-state index contributed by atoms with van der Waals surface area (Å²) in [5.41, 5.74) is 11.7. The first-order chi connectivity index (χ1) is 26.8. The number of anilines is 1. The third-order valence-electron chi connectivity index (χ3n) is 7.84. The van der Waals surface area contributed by atoms with Crippen molar-refractivity contribution >= 4 is 67.9 Å². The highest BCUT2D eigenvalue weighted by molar-refractivity contribution is 6.34. The SMILES string of the molecule is CC(=O)OC(C)=O.Cc1cccc(N)c1C(=O)O.Cc1nc(Cl)c2c(C)cccc2n1.Cc1nc2cccc(C)c2c(=O)[nH]1.Cc1nc2cccc(C)c2c(=O)o1. The van der Waals surface area contributed by atoms with Gasteiger partial charge in [-0.25, -0.2) is 29.5 Å². The number of aromatic carboxylic acids is 1. The van der Waals surface area contributed by atoms with Gasteiger partial charge in [-0.2, -0.15) is 0 Å². The predicted molar refractivity (Wildman–Crippen MR) is 221 cm³/mol. The van der Waals surface area contributed by atoms with Crippen molar-refractivity contribution in [3.8, 4) is 0 Å². The van der Waals surface area contributed by atoms with Crippen LogP contribution in [0.1, 0.15) is 64.0 Å². The lowest BCUT2D eigenvalue weighted by Gasteiger charge is -2.03. The molecular formula is C42H43ClN6O8. The van der Waals surface area contributed by atoms with Gasteiger partial charge in [-0.15, -0.1) is 0 Å². The molecule has 57 heavy (non-hydrogen) atoms. The summed E-state index contributed by atoms with van der Waals surface area (Å²) in [6, 6.07) is 22.2. The maximum absolute atomic E-state index is 11.5. The van der Waals surface area contributed by atoms with E-state index < -0.39 is 17.9 Å². The molecule has 14 nitrogen and oxygen atoms in total. The molecule has 4 N–H and O–H groups in total. The van der Waals surface area contributed by atoms with E-state index in [1.54, 1.807) is 39.0 Å². The Labute approximate surface area is 332 Å². The number of hydrogen-bond donors (Lipinski definition) is 3. The van der Waals surface area contributed by atoms with Crippen molar-refractivity contribution in [2.24, 2.45) is 0 Å². The van der Waals surface area contributed by atoms with E-state index in [0.717, 1.165) is 33.1 Å². The molecular weight excluding hydrogens is 752 g/mol. The smallest absolute Gasteiger partial charge is 0.347 e. The number of aromatic amines is 1. The number of halogens is 1. The van der Waals surface area contributed by atoms with Gasteiger partial charge in [0.25, 0.3) is 5.56 Å². The normalized spacial score (nSPS) is 10.1. The average Bonchev–Trinajstić information content (AvgIpc) is 3.08. The van der Waals surface area contributed by atoms with Gasteiger partial charge in [0.15, 0.2) is 5.89 Å². The number of aryl methyl sites for hydroxylation is 7. The number of carboxylic acids is 1. The zero-order valence-electron chi connectivity index (χ0n) is 33.0. The summed E-state index contributed by atoms with van der Waals surface area (Å²) in [7, 11) is 0. The number of nitrogens with one attached hydrogen (secondary N) is 1. The van der Waals surface area contributed by atoms with Gasteiger partial charge in [0, 0.05) is 31.8 Å². The minimum atomic E-state index is -0.972. The van der Waals surface area contributed by atoms with Gasteiger partial charge in [-0.1, -0.05) is 60.1 Å². The van der Waals surface area contributed by atoms with Gasteiger partial charge in [0.2, 0.25) is 0 Å². The monoisotopic (exact) mass is 794 g/mol. The van der Waals surface area contributed by atoms with E-state index >= 15 is 0 Å². The third-order valence-corrected chi connectivity index (χ3v) is 8.11. The first-order valence-electron chi connectivity index (χ1n) is 17.3. The molecule has 3 aromatic heterocycles. The first kappa shape index (κ1) is 44.6. The van der Waals surface area contributed by atoms with Crippen molar-refractivity contribution in [2.45, 2.75) is 62.3 Å². The van der Waals surface area contributed by atoms with Gasteiger partial charge in [-0.05, 0) is 88.1 Å². The van der Waals surface area contributed by atoms with Gasteiger partial charge in [0.1, 0.15) is 16.8 Å². The number of esters is 2. The van der Waals surface area contributed by atoms with Crippen LogP contribution in [0.2, 0.25) is 5.15 Å². The predicted octanol–water partition coefficient (Wildman–Crippen LogP) is 7.62. The number of carbonyl (C=O) groups excluding carboxylic acids is 2. The van der Waals surface area contributed by atoms with Crippen LogP contribution >= 0.6 is 11.6 Å². The lowest BCUT2D eigenvalue weighted by molar-refractivity contribution is -0.156. The fraction of sp³-hybridized carbons (Fsp3) is 0.214. The number of ether oxygens (including phenoxy) is 1. The largest absolute Gasteiger partial charge is 0.478 e. The Morgan fingerprint density at radius 3 is 1.63 bits per heavy atom. The fourth-order valence-corrected chi connectivity index (χ4v) is 5.83. The Balaban J connectivity index is 0.000000194. The van der Waals surface area contributed by atoms with Crippen molar-refractivity contribution in [2.75, 3.05) is 5.73 Å². The van der Waals surface area contributed by atoms with E-state index in [0.29, 0.717) is 50.2 Å². The van der Waals surface area contributed by atoms with Crippen LogP contribution in [-0.2, 0) is 14.3 Å². The minimum Gasteiger partial charge on any atom is -0.478 e. The van der Waals surface area contributed by atoms with E-state index in [-0.39, 0.29) is 16.7 Å². The Morgan fingerprint density at radius 1 is 0.667 bits per heavy atom. The summed E-state index contributed by atoms with van der Waals surface area (Å²) in [6.07, 6.45) is 0. The van der Waals surface area contributed by atoms with Crippen LogP contribution in [0.3, 0.4) is 0 Å². The number of fused-ring (bicyclic) bond motifs is 3. The number of H-pyrrole nitrogens is 1. The molecule has 7 rings (SSSR count). The van der Waals surface area contributed by atoms with Crippen LogP contribution in [0.15, 0.2) is 86.8 Å². The average molecular weight is 795 g/mol. The summed E-state index contributed by atoms with van der Waals surface area (Å²) >= 11 is 6.02. The molecule has 0 unspecified atom stereocenters. The van der Waals surface area contributed by atoms with Gasteiger partial charge >= 0.3 is 23.5 Å². The van der Waals surface area contributed by atoms with Crippen LogP contribution in [0.25, 0.3) is 32.7 Å². The lowest BCUT2D eigenvalue weighted by Crippen LogP contribution is -2.10. The number of hydrogen-bond acceptors (Lipinski definition) is 12. The molecule has 7 aromatic rings. The lowest BCUT2D eigenvalue weighted by atomic mass is 10.1. The van der Waals surface area contributed by atoms with Crippen molar-refractivity contribution in [3.63, 3.8) is 0 Å². The highest BCUT2D eigenvalue weighted by atomic mass is 35.5. The number of rotatable bonds is 1. The molecule has 0 fully saturated rings. The molecule has 4 aromatic carbocycles. The second-order valence-electron chi connectivity index (χ2n) is 12.6. The molecule has 0 aliphatic carbocycles. The molecule has 296 valence electrons. The standard InChI is InChI=1S/C10H9ClN2.C10H10N2O.C10H9NO2.C8H9NO2.C4H6O3/c1-6-4-3-5-8-9(6)10(11)13-7(2)12-8;1-6-4-3-5-8-9(6)10(13)12-7(2)11-8;1-6-4-3-5-8-9(6)10(12)13-7(2)11-8;1-5-3-2-4-6(9)7(5)8(10)11;1-3(5)7-4(2)6/h3-5H,1-2H3;3-5H,1-2H3,(H,11,12,13);3-5H,1-2H3;2-4H,9H2,1H3,(H,10,11);1-2H3. The van der Waals surface area contributed by atoms with E-state index in [9.17, 15) is 24.0 Å². The summed E-state index contributed by atoms with van der Waals surface area (Å²) in [4.78, 5) is 72.6. The number of benzene rings is 4. The molecule has 0 aliphatic heterocycles. The number of carbonyl (C=O) groups is 3. The Hall–Kier alpha value is -6.80. The third kappa shape index (κ3) is 12.6. The summed E-state index contributed by atoms with van der Waals surface area (Å²) in [5.74, 6) is -0.324. The van der Waals surface area contributed by atoms with Crippen LogP contribution in [-0.4, -0.2) is 47.9 Å². The molecule has 0 bridgehead atoms. The number of nitrogens with two attached hydrogens (primary N) is 1. The number of nitrogens with zero attached hydrogens (tertiary/aromatic N) is 4. The van der Waals surface area contributed by atoms with Crippen molar-refractivity contribution in [1.29, 1.82) is 0 Å². The van der Waals surface area contributed by atoms with Crippen molar-refractivity contribution in [3.05, 3.63) is 144 Å². The van der Waals surface area contributed by atoms with Gasteiger partial charge in [0.05, 0.1) is 32.9 Å². The zero-order valence-corrected chi connectivity index (χ0v) is 33.7. The van der Waals surface area contributed by atoms with Gasteiger partial charge in [-0.3, -0.25) is 14.4 Å². The molecule has 3 heterocycles. The van der Waals surface area contributed by atoms with E-state index in [1.807, 2.05) is 82.3 Å². The maximum Gasteiger partial charge on any atom is 0.347 e. The molecule has 0 saturated heterocycles. The van der Waals surface area contributed by atoms with Crippen LogP contribution in [0.5, 0.6) is 0 Å². The Morgan fingerprint density at radius 2 is 1.14 bits per heavy atom. The Kier molecular flexibility index (Phi) is 15.8. The molecule has 15 heteroatoms. The first-order valence-corrected chi connectivity index (χ1v) is 17.7. The molecule has 0 atom stereocenters. The summed E-state index contributed by atoms with van der Waals surface area (Å²) in [6.45, 7) is 15.2. The van der Waals surface area contributed by atoms with E-state index in [4.69, 9.17) is 26.9 Å². The number of nitrogen functional groups attached to an aromatic ring is 1. The van der Waals surface area contributed by atoms with Crippen LogP contribution in [0, 0.1) is 48.5 Å². The second kappa shape index (κ2) is 20.2. The quantitative estimate of drug-likeness (QED) is 0.0631. The highest BCUT2D eigenvalue weighted by Gasteiger charge is 2.10. The number of aromatic nitrogens is 5. The van der Waals surface area contributed by atoms with E-state index in [1.165, 1.54) is 13.8 Å². The minimum absolute atomic E-state index is 0.0550. The van der Waals surface area contributed by atoms with Crippen molar-refractivity contribution in [1.82, 2.24) is 24.9 Å². The van der Waals surface area contributed by atoms with Crippen LogP contribution in [0.4, 0.5) is 5.69 Å². The molecule has 0 radical (unpaired) electrons. The number of carboxylic acid groups (broad SMARTS) is 1.